The summed E-state index contributed by atoms with van der Waals surface area (Å²) in [6.45, 7) is 8.01. The number of nitriles is 1. The fraction of sp³-hybridized carbons (Fsp3) is 0.355. The zero-order valence-corrected chi connectivity index (χ0v) is 23.8. The lowest BCUT2D eigenvalue weighted by atomic mass is 9.62. The number of hydrogen-bond acceptors (Lipinski definition) is 3. The van der Waals surface area contributed by atoms with Crippen LogP contribution in [-0.2, 0) is 16.6 Å². The molecule has 0 bridgehead atoms. The maximum absolute atomic E-state index is 15.7. The number of rotatable bonds is 6. The Morgan fingerprint density at radius 2 is 1.79 bits per heavy atom. The molecule has 1 aliphatic rings. The van der Waals surface area contributed by atoms with E-state index in [1.54, 1.807) is 18.2 Å². The van der Waals surface area contributed by atoms with E-state index in [0.717, 1.165) is 18.1 Å². The summed E-state index contributed by atoms with van der Waals surface area (Å²) in [7, 11) is 0. The molecular formula is C31H31Cl2F2N3O. The largest absolute Gasteiger partial charge is 0.325 e. The van der Waals surface area contributed by atoms with Gasteiger partial charge in [0, 0.05) is 28.2 Å². The van der Waals surface area contributed by atoms with Crippen molar-refractivity contribution in [2.75, 3.05) is 5.32 Å². The molecule has 4 nitrogen and oxygen atoms in total. The monoisotopic (exact) mass is 569 g/mol. The molecule has 0 unspecified atom stereocenters. The van der Waals surface area contributed by atoms with Crippen LogP contribution in [0.3, 0.4) is 0 Å². The average molecular weight is 571 g/mol. The Balaban J connectivity index is 1.93. The Hall–Kier alpha value is -2.98. The maximum atomic E-state index is 15.7. The summed E-state index contributed by atoms with van der Waals surface area (Å²) in [5, 5.41) is 17.1. The minimum Gasteiger partial charge on any atom is -0.325 e. The van der Waals surface area contributed by atoms with Crippen LogP contribution in [0.1, 0.15) is 56.7 Å². The molecule has 204 valence electrons. The minimum atomic E-state index is -1.67. The van der Waals surface area contributed by atoms with E-state index in [2.05, 4.69) is 16.7 Å². The van der Waals surface area contributed by atoms with Gasteiger partial charge in [-0.15, -0.1) is 0 Å². The second-order valence-corrected chi connectivity index (χ2v) is 12.1. The van der Waals surface area contributed by atoms with Crippen molar-refractivity contribution in [3.05, 3.63) is 99.0 Å². The first-order valence-electron chi connectivity index (χ1n) is 12.9. The smallest absolute Gasteiger partial charge is 0.242 e. The van der Waals surface area contributed by atoms with Gasteiger partial charge in [0.1, 0.15) is 17.0 Å². The highest BCUT2D eigenvalue weighted by Crippen LogP contribution is 2.52. The number of hydrogen-bond donors (Lipinski definition) is 2. The van der Waals surface area contributed by atoms with Gasteiger partial charge in [0.05, 0.1) is 17.1 Å². The molecule has 1 aliphatic heterocycles. The number of carbonyl (C=O) groups excluding carboxylic acids is 1. The standard InChI is InChI=1S/C31H31Cl2F2N3O/c1-5-18-9-12-20(13-10-18)37-29(39)28-26(21-7-6-8-23(33)27(21)35)31(17-36,25(38-28)16-30(2,3)4)22-14-11-19(32)15-24(22)34/h6-15,25-26,28,38H,5,16H2,1-4H3,(H,37,39)/t25-,26-,28+,31-/m0/s1. The number of nitrogens with zero attached hydrogens (tertiary/aromatic N) is 1. The molecule has 1 fully saturated rings. The molecule has 3 aromatic rings. The average Bonchev–Trinajstić information content (AvgIpc) is 3.19. The number of halogens is 4. The summed E-state index contributed by atoms with van der Waals surface area (Å²) in [5.41, 5.74) is -0.211. The van der Waals surface area contributed by atoms with Gasteiger partial charge >= 0.3 is 0 Å². The topological polar surface area (TPSA) is 64.9 Å². The lowest BCUT2D eigenvalue weighted by Gasteiger charge is -2.37. The predicted molar refractivity (Wildman–Crippen MR) is 152 cm³/mol. The van der Waals surface area contributed by atoms with Crippen LogP contribution in [0.5, 0.6) is 0 Å². The zero-order chi connectivity index (χ0) is 28.5. The van der Waals surface area contributed by atoms with Crippen LogP contribution in [0, 0.1) is 28.4 Å². The molecule has 0 aromatic heterocycles. The molecule has 3 aromatic carbocycles. The predicted octanol–water partition coefficient (Wildman–Crippen LogP) is 7.79. The van der Waals surface area contributed by atoms with Crippen molar-refractivity contribution < 1.29 is 13.6 Å². The third kappa shape index (κ3) is 5.68. The van der Waals surface area contributed by atoms with E-state index in [1.807, 2.05) is 39.8 Å². The summed E-state index contributed by atoms with van der Waals surface area (Å²) in [5.74, 6) is -3.02. The molecule has 8 heteroatoms. The highest BCUT2D eigenvalue weighted by molar-refractivity contribution is 6.31. The van der Waals surface area contributed by atoms with Crippen LogP contribution < -0.4 is 10.6 Å². The van der Waals surface area contributed by atoms with Gasteiger partial charge in [-0.2, -0.15) is 5.26 Å². The van der Waals surface area contributed by atoms with Crippen molar-refractivity contribution in [2.45, 2.75) is 64.0 Å². The van der Waals surface area contributed by atoms with E-state index in [1.165, 1.54) is 24.3 Å². The Morgan fingerprint density at radius 1 is 1.10 bits per heavy atom. The summed E-state index contributed by atoms with van der Waals surface area (Å²) in [6, 6.07) is 16.5. The molecule has 4 rings (SSSR count). The summed E-state index contributed by atoms with van der Waals surface area (Å²) in [6.07, 6.45) is 1.25. The Labute approximate surface area is 238 Å². The fourth-order valence-corrected chi connectivity index (χ4v) is 5.94. The van der Waals surface area contributed by atoms with Crippen LogP contribution >= 0.6 is 23.2 Å². The first-order chi connectivity index (χ1) is 18.4. The SMILES string of the molecule is CCc1ccc(NC(=O)[C@@H]2N[C@@H](CC(C)(C)C)[C@](C#N)(c3ccc(Cl)cc3F)[C@H]2c2cccc(Cl)c2F)cc1. The molecular weight excluding hydrogens is 539 g/mol. The third-order valence-corrected chi connectivity index (χ3v) is 7.89. The lowest BCUT2D eigenvalue weighted by Crippen LogP contribution is -2.45. The van der Waals surface area contributed by atoms with Crippen LogP contribution in [-0.4, -0.2) is 18.0 Å². The first-order valence-corrected chi connectivity index (χ1v) is 13.6. The molecule has 4 atom stereocenters. The van der Waals surface area contributed by atoms with Crippen molar-refractivity contribution in [1.29, 1.82) is 5.26 Å². The summed E-state index contributed by atoms with van der Waals surface area (Å²) in [4.78, 5) is 13.9. The molecule has 0 spiro atoms. The second-order valence-electron chi connectivity index (χ2n) is 11.2. The van der Waals surface area contributed by atoms with Crippen molar-refractivity contribution in [1.82, 2.24) is 5.32 Å². The van der Waals surface area contributed by atoms with Crippen LogP contribution in [0.15, 0.2) is 60.7 Å². The molecule has 1 amide bonds. The first kappa shape index (κ1) is 29.0. The maximum Gasteiger partial charge on any atom is 0.242 e. The number of aryl methyl sites for hydroxylation is 1. The molecule has 0 aliphatic carbocycles. The van der Waals surface area contributed by atoms with Crippen molar-refractivity contribution in [3.63, 3.8) is 0 Å². The van der Waals surface area contributed by atoms with E-state index in [-0.39, 0.29) is 26.6 Å². The van der Waals surface area contributed by atoms with Gasteiger partial charge in [-0.05, 0) is 59.7 Å². The number of benzene rings is 3. The molecule has 1 heterocycles. The Bertz CT molecular complexity index is 1410. The molecule has 0 radical (unpaired) electrons. The Kier molecular flexibility index (Phi) is 8.37. The fourth-order valence-electron chi connectivity index (χ4n) is 5.60. The lowest BCUT2D eigenvalue weighted by molar-refractivity contribution is -0.118. The van der Waals surface area contributed by atoms with Crippen LogP contribution in [0.4, 0.5) is 14.5 Å². The molecule has 0 saturated carbocycles. The zero-order valence-electron chi connectivity index (χ0n) is 22.3. The van der Waals surface area contributed by atoms with E-state index < -0.39 is 41.0 Å². The van der Waals surface area contributed by atoms with Gasteiger partial charge < -0.3 is 10.6 Å². The highest BCUT2D eigenvalue weighted by atomic mass is 35.5. The third-order valence-electron chi connectivity index (χ3n) is 7.36. The van der Waals surface area contributed by atoms with Crippen LogP contribution in [0.25, 0.3) is 0 Å². The molecule has 39 heavy (non-hydrogen) atoms. The molecule has 2 N–H and O–H groups in total. The van der Waals surface area contributed by atoms with Gasteiger partial charge in [-0.3, -0.25) is 4.79 Å². The van der Waals surface area contributed by atoms with E-state index in [0.29, 0.717) is 12.1 Å². The Morgan fingerprint density at radius 3 is 2.38 bits per heavy atom. The quantitative estimate of drug-likeness (QED) is 0.318. The van der Waals surface area contributed by atoms with E-state index >= 15 is 8.78 Å². The normalized spacial score (nSPS) is 22.9. The van der Waals surface area contributed by atoms with Gasteiger partial charge in [-0.25, -0.2) is 8.78 Å². The summed E-state index contributed by atoms with van der Waals surface area (Å²) < 4.78 is 31.4. The number of nitrogens with one attached hydrogen (secondary N) is 2. The number of anilines is 1. The molecule has 1 saturated heterocycles. The number of carbonyl (C=O) groups is 1. The van der Waals surface area contributed by atoms with Crippen molar-refractivity contribution >= 4 is 34.8 Å². The van der Waals surface area contributed by atoms with E-state index in [9.17, 15) is 10.1 Å². The van der Waals surface area contributed by atoms with Crippen LogP contribution in [0.2, 0.25) is 10.0 Å². The highest BCUT2D eigenvalue weighted by Gasteiger charge is 2.61. The van der Waals surface area contributed by atoms with Gasteiger partial charge in [0.25, 0.3) is 0 Å². The van der Waals surface area contributed by atoms with Gasteiger partial charge in [0.15, 0.2) is 0 Å². The van der Waals surface area contributed by atoms with Gasteiger partial charge in [-0.1, -0.05) is 81.2 Å². The second kappa shape index (κ2) is 11.3. The minimum absolute atomic E-state index is 0.0446. The van der Waals surface area contributed by atoms with E-state index in [4.69, 9.17) is 23.2 Å². The van der Waals surface area contributed by atoms with Gasteiger partial charge in [0.2, 0.25) is 5.91 Å². The summed E-state index contributed by atoms with van der Waals surface area (Å²) >= 11 is 12.3. The van der Waals surface area contributed by atoms with Crippen molar-refractivity contribution in [3.8, 4) is 6.07 Å². The van der Waals surface area contributed by atoms with Crippen molar-refractivity contribution in [2.24, 2.45) is 5.41 Å². The number of amides is 1.